The third kappa shape index (κ3) is 4.26. The second-order valence-corrected chi connectivity index (χ2v) is 7.12. The van der Waals surface area contributed by atoms with Crippen LogP contribution in [0.25, 0.3) is 10.2 Å². The highest BCUT2D eigenvalue weighted by atomic mass is 32.1. The van der Waals surface area contributed by atoms with Crippen LogP contribution in [0.5, 0.6) is 5.75 Å². The molecule has 2 amide bonds. The van der Waals surface area contributed by atoms with Crippen LogP contribution in [-0.2, 0) is 9.59 Å². The Morgan fingerprint density at radius 2 is 2.32 bits per heavy atom. The molecular weight excluding hydrogens is 340 g/mol. The summed E-state index contributed by atoms with van der Waals surface area (Å²) in [7, 11) is 0. The highest BCUT2D eigenvalue weighted by molar-refractivity contribution is 7.22. The van der Waals surface area contributed by atoms with Crippen LogP contribution in [0.3, 0.4) is 0 Å². The molecule has 0 radical (unpaired) electrons. The number of nitrogens with zero attached hydrogens (tertiary/aromatic N) is 2. The van der Waals surface area contributed by atoms with Crippen LogP contribution in [0, 0.1) is 5.92 Å². The predicted molar refractivity (Wildman–Crippen MR) is 97.8 cm³/mol. The van der Waals surface area contributed by atoms with Crippen LogP contribution in [-0.4, -0.2) is 47.9 Å². The molecule has 134 valence electrons. The molecule has 7 nitrogen and oxygen atoms in total. The summed E-state index contributed by atoms with van der Waals surface area (Å²) in [5, 5.41) is 3.48. The quantitative estimate of drug-likeness (QED) is 0.817. The molecule has 1 unspecified atom stereocenters. The second-order valence-electron chi connectivity index (χ2n) is 6.08. The maximum absolute atomic E-state index is 12.6. The molecule has 3 rings (SSSR count). The molecule has 2 aromatic rings. The SMILES string of the molecule is CCOc1cccc2sc(NC(=O)C3CCCN(CC(N)=O)C3)nc12. The van der Waals surface area contributed by atoms with Crippen molar-refractivity contribution in [2.45, 2.75) is 19.8 Å². The second kappa shape index (κ2) is 7.79. The Morgan fingerprint density at radius 1 is 1.48 bits per heavy atom. The maximum Gasteiger partial charge on any atom is 0.231 e. The van der Waals surface area contributed by atoms with E-state index in [1.807, 2.05) is 30.0 Å². The molecule has 1 aliphatic heterocycles. The Hall–Kier alpha value is -2.19. The van der Waals surface area contributed by atoms with E-state index in [1.165, 1.54) is 11.3 Å². The monoisotopic (exact) mass is 362 g/mol. The van der Waals surface area contributed by atoms with Crippen molar-refractivity contribution in [1.82, 2.24) is 9.88 Å². The van der Waals surface area contributed by atoms with Gasteiger partial charge in [0, 0.05) is 6.54 Å². The molecule has 1 aromatic heterocycles. The van der Waals surface area contributed by atoms with E-state index in [0.29, 0.717) is 18.3 Å². The van der Waals surface area contributed by atoms with Gasteiger partial charge in [-0.3, -0.25) is 14.5 Å². The molecule has 0 aliphatic carbocycles. The number of primary amides is 1. The molecule has 0 bridgehead atoms. The minimum absolute atomic E-state index is 0.0637. The van der Waals surface area contributed by atoms with Gasteiger partial charge in [0.15, 0.2) is 5.13 Å². The number of hydrogen-bond donors (Lipinski definition) is 2. The third-order valence-corrected chi connectivity index (χ3v) is 5.10. The zero-order chi connectivity index (χ0) is 17.8. The number of piperidine rings is 1. The number of thiazole rings is 1. The smallest absolute Gasteiger partial charge is 0.231 e. The van der Waals surface area contributed by atoms with Gasteiger partial charge in [-0.15, -0.1) is 0 Å². The number of carbonyl (C=O) groups excluding carboxylic acids is 2. The van der Waals surface area contributed by atoms with Crippen molar-refractivity contribution in [3.63, 3.8) is 0 Å². The fraction of sp³-hybridized carbons (Fsp3) is 0.471. The van der Waals surface area contributed by atoms with Crippen molar-refractivity contribution in [2.24, 2.45) is 11.7 Å². The number of benzene rings is 1. The summed E-state index contributed by atoms with van der Waals surface area (Å²) in [4.78, 5) is 30.1. The summed E-state index contributed by atoms with van der Waals surface area (Å²) < 4.78 is 6.56. The summed E-state index contributed by atoms with van der Waals surface area (Å²) in [6.45, 7) is 4.03. The van der Waals surface area contributed by atoms with E-state index in [2.05, 4.69) is 10.3 Å². The zero-order valence-corrected chi connectivity index (χ0v) is 15.0. The Morgan fingerprint density at radius 3 is 3.08 bits per heavy atom. The van der Waals surface area contributed by atoms with E-state index < -0.39 is 0 Å². The van der Waals surface area contributed by atoms with Crippen molar-refractivity contribution < 1.29 is 14.3 Å². The number of para-hydroxylation sites is 1. The van der Waals surface area contributed by atoms with Crippen LogP contribution in [0.2, 0.25) is 0 Å². The molecule has 0 saturated carbocycles. The van der Waals surface area contributed by atoms with Gasteiger partial charge in [-0.05, 0) is 38.4 Å². The van der Waals surface area contributed by atoms with E-state index in [4.69, 9.17) is 10.5 Å². The first-order valence-corrected chi connectivity index (χ1v) is 9.22. The van der Waals surface area contributed by atoms with Gasteiger partial charge in [-0.25, -0.2) is 4.98 Å². The first kappa shape index (κ1) is 17.6. The lowest BCUT2D eigenvalue weighted by Gasteiger charge is -2.30. The van der Waals surface area contributed by atoms with Gasteiger partial charge in [-0.1, -0.05) is 17.4 Å². The Kier molecular flexibility index (Phi) is 5.50. The number of aromatic nitrogens is 1. The van der Waals surface area contributed by atoms with E-state index in [0.717, 1.165) is 35.4 Å². The summed E-state index contributed by atoms with van der Waals surface area (Å²) in [5.74, 6) is 0.135. The molecule has 1 aromatic carbocycles. The Labute approximate surface area is 150 Å². The zero-order valence-electron chi connectivity index (χ0n) is 14.2. The first-order chi connectivity index (χ1) is 12.1. The summed E-state index contributed by atoms with van der Waals surface area (Å²) in [5.41, 5.74) is 6.02. The van der Waals surface area contributed by atoms with Gasteiger partial charge >= 0.3 is 0 Å². The number of rotatable bonds is 6. The van der Waals surface area contributed by atoms with Gasteiger partial charge in [0.25, 0.3) is 0 Å². The van der Waals surface area contributed by atoms with Gasteiger partial charge in [0.1, 0.15) is 11.3 Å². The number of carbonyl (C=O) groups is 2. The standard InChI is InChI=1S/C17H22N4O3S/c1-2-24-12-6-3-7-13-15(12)19-17(25-13)20-16(23)11-5-4-8-21(9-11)10-14(18)22/h3,6-7,11H,2,4-5,8-10H2,1H3,(H2,18,22)(H,19,20,23). The molecule has 0 spiro atoms. The van der Waals surface area contributed by atoms with Gasteiger partial charge in [0.05, 0.1) is 23.8 Å². The molecule has 8 heteroatoms. The number of anilines is 1. The lowest BCUT2D eigenvalue weighted by molar-refractivity contribution is -0.124. The Bertz CT molecular complexity index is 776. The molecule has 2 heterocycles. The molecule has 3 N–H and O–H groups in total. The number of nitrogens with two attached hydrogens (primary N) is 1. The average molecular weight is 362 g/mol. The average Bonchev–Trinajstić information content (AvgIpc) is 2.98. The lowest BCUT2D eigenvalue weighted by atomic mass is 9.97. The van der Waals surface area contributed by atoms with E-state index in [9.17, 15) is 9.59 Å². The van der Waals surface area contributed by atoms with Crippen LogP contribution in [0.1, 0.15) is 19.8 Å². The number of fused-ring (bicyclic) bond motifs is 1. The van der Waals surface area contributed by atoms with E-state index in [-0.39, 0.29) is 24.3 Å². The highest BCUT2D eigenvalue weighted by Crippen LogP contribution is 2.32. The number of nitrogens with one attached hydrogen (secondary N) is 1. The number of ether oxygens (including phenoxy) is 1. The molecule has 1 saturated heterocycles. The molecule has 1 aliphatic rings. The molecule has 25 heavy (non-hydrogen) atoms. The van der Waals surface area contributed by atoms with Crippen LogP contribution in [0.4, 0.5) is 5.13 Å². The number of hydrogen-bond acceptors (Lipinski definition) is 6. The van der Waals surface area contributed by atoms with Crippen LogP contribution < -0.4 is 15.8 Å². The normalized spacial score (nSPS) is 18.2. The van der Waals surface area contributed by atoms with Gasteiger partial charge < -0.3 is 15.8 Å². The minimum atomic E-state index is -0.365. The molecule has 1 atom stereocenters. The largest absolute Gasteiger partial charge is 0.492 e. The van der Waals surface area contributed by atoms with Gasteiger partial charge in [0.2, 0.25) is 11.8 Å². The maximum atomic E-state index is 12.6. The summed E-state index contributed by atoms with van der Waals surface area (Å²) in [6, 6.07) is 5.75. The topological polar surface area (TPSA) is 97.5 Å². The number of amides is 2. The fourth-order valence-electron chi connectivity index (χ4n) is 3.09. The van der Waals surface area contributed by atoms with Gasteiger partial charge in [-0.2, -0.15) is 0 Å². The molecule has 1 fully saturated rings. The van der Waals surface area contributed by atoms with E-state index >= 15 is 0 Å². The fourth-order valence-corrected chi connectivity index (χ4v) is 3.98. The lowest BCUT2D eigenvalue weighted by Crippen LogP contribution is -2.44. The van der Waals surface area contributed by atoms with Crippen molar-refractivity contribution >= 4 is 38.5 Å². The number of likely N-dealkylation sites (tertiary alicyclic amines) is 1. The van der Waals surface area contributed by atoms with Crippen molar-refractivity contribution in [3.8, 4) is 5.75 Å². The predicted octanol–water partition coefficient (Wildman–Crippen LogP) is 1.83. The van der Waals surface area contributed by atoms with Crippen LogP contribution in [0.15, 0.2) is 18.2 Å². The van der Waals surface area contributed by atoms with Crippen molar-refractivity contribution in [3.05, 3.63) is 18.2 Å². The minimum Gasteiger partial charge on any atom is -0.492 e. The first-order valence-electron chi connectivity index (χ1n) is 8.40. The van der Waals surface area contributed by atoms with Crippen molar-refractivity contribution in [2.75, 3.05) is 31.6 Å². The summed E-state index contributed by atoms with van der Waals surface area (Å²) in [6.07, 6.45) is 1.68. The highest BCUT2D eigenvalue weighted by Gasteiger charge is 2.27. The molecular formula is C17H22N4O3S. The Balaban J connectivity index is 1.69. The van der Waals surface area contributed by atoms with E-state index in [1.54, 1.807) is 0 Å². The third-order valence-electron chi connectivity index (χ3n) is 4.17. The van der Waals surface area contributed by atoms with Crippen molar-refractivity contribution in [1.29, 1.82) is 0 Å². The van der Waals surface area contributed by atoms with Crippen LogP contribution >= 0.6 is 11.3 Å². The summed E-state index contributed by atoms with van der Waals surface area (Å²) >= 11 is 1.43.